The van der Waals surface area contributed by atoms with Crippen LogP contribution in [-0.2, 0) is 6.42 Å². The zero-order valence-corrected chi connectivity index (χ0v) is 12.5. The molecule has 0 aliphatic rings. The van der Waals surface area contributed by atoms with Crippen LogP contribution in [0.4, 0.5) is 5.82 Å². The number of hydrogen-bond donors (Lipinski definition) is 1. The van der Waals surface area contributed by atoms with Crippen molar-refractivity contribution in [1.29, 1.82) is 0 Å². The Hall–Kier alpha value is -2.75. The predicted octanol–water partition coefficient (Wildman–Crippen LogP) is 1.11. The molecule has 0 aliphatic heterocycles. The second kappa shape index (κ2) is 6.35. The highest BCUT2D eigenvalue weighted by Crippen LogP contribution is 2.15. The third-order valence-corrected chi connectivity index (χ3v) is 3.56. The maximum atomic E-state index is 12.3. The van der Waals surface area contributed by atoms with Crippen LogP contribution < -0.4 is 5.32 Å². The van der Waals surface area contributed by atoms with Crippen LogP contribution in [0.3, 0.4) is 0 Å². The van der Waals surface area contributed by atoms with Gasteiger partial charge in [0.2, 0.25) is 0 Å². The molecule has 0 aliphatic carbocycles. The number of aromatic nitrogens is 7. The Labute approximate surface area is 129 Å². The largest absolute Gasteiger partial charge is 0.306 e. The minimum absolute atomic E-state index is 0.276. The molecule has 1 N–H and O–H groups in total. The number of nitrogens with zero attached hydrogens (tertiary/aromatic N) is 7. The lowest BCUT2D eigenvalue weighted by atomic mass is 10.2. The Morgan fingerprint density at radius 1 is 1.36 bits per heavy atom. The maximum absolute atomic E-state index is 12.3. The van der Waals surface area contributed by atoms with Crippen LogP contribution in [0, 0.1) is 0 Å². The molecule has 0 spiro atoms. The number of carbonyl (C=O) groups is 1. The monoisotopic (exact) mass is 316 g/mol. The summed E-state index contributed by atoms with van der Waals surface area (Å²) in [5, 5.41) is 10.7. The van der Waals surface area contributed by atoms with Gasteiger partial charge in [0.15, 0.2) is 5.82 Å². The minimum Gasteiger partial charge on any atom is -0.306 e. The van der Waals surface area contributed by atoms with E-state index in [1.807, 2.05) is 6.92 Å². The second-order valence-corrected chi connectivity index (χ2v) is 5.11. The fourth-order valence-corrected chi connectivity index (χ4v) is 2.43. The van der Waals surface area contributed by atoms with Gasteiger partial charge in [-0.05, 0) is 18.0 Å². The van der Waals surface area contributed by atoms with Crippen molar-refractivity contribution in [3.05, 3.63) is 35.6 Å². The number of anilines is 1. The van der Waals surface area contributed by atoms with E-state index in [4.69, 9.17) is 0 Å². The zero-order chi connectivity index (χ0) is 15.4. The molecule has 0 saturated heterocycles. The topological polar surface area (TPSA) is 111 Å². The zero-order valence-electron chi connectivity index (χ0n) is 11.7. The van der Waals surface area contributed by atoms with Crippen molar-refractivity contribution < 1.29 is 4.79 Å². The van der Waals surface area contributed by atoms with E-state index in [1.165, 1.54) is 23.7 Å². The van der Waals surface area contributed by atoms with Crippen molar-refractivity contribution in [2.24, 2.45) is 0 Å². The van der Waals surface area contributed by atoms with Crippen molar-refractivity contribution in [2.75, 3.05) is 5.32 Å². The molecule has 3 heterocycles. The van der Waals surface area contributed by atoms with Crippen molar-refractivity contribution in [3.63, 3.8) is 0 Å². The molecule has 3 rings (SSSR count). The highest BCUT2D eigenvalue weighted by atomic mass is 32.1. The van der Waals surface area contributed by atoms with Crippen molar-refractivity contribution in [2.45, 2.75) is 19.8 Å². The van der Waals surface area contributed by atoms with Crippen LogP contribution >= 0.6 is 11.5 Å². The highest BCUT2D eigenvalue weighted by molar-refractivity contribution is 7.08. The molecule has 22 heavy (non-hydrogen) atoms. The number of hydrogen-bond acceptors (Lipinski definition) is 8. The molecule has 0 bridgehead atoms. The standard InChI is InChI=1S/C12H12N8OS/c1-2-3-8-11(22-19-18-8)12(21)17-9-4-10(15-6-14-9)20-7-13-5-16-20/h4-7H,2-3H2,1H3,(H,14,15,17,21). The van der Waals surface area contributed by atoms with Crippen LogP contribution in [-0.4, -0.2) is 40.2 Å². The Kier molecular flexibility index (Phi) is 4.10. The fraction of sp³-hybridized carbons (Fsp3) is 0.250. The predicted molar refractivity (Wildman–Crippen MR) is 78.8 cm³/mol. The summed E-state index contributed by atoms with van der Waals surface area (Å²) in [6.07, 6.45) is 5.88. The molecule has 0 atom stereocenters. The molecular weight excluding hydrogens is 304 g/mol. The Morgan fingerprint density at radius 3 is 3.05 bits per heavy atom. The summed E-state index contributed by atoms with van der Waals surface area (Å²) in [5.74, 6) is 0.613. The molecule has 3 aromatic rings. The Balaban J connectivity index is 1.79. The summed E-state index contributed by atoms with van der Waals surface area (Å²) < 4.78 is 5.32. The number of nitrogens with one attached hydrogen (secondary N) is 1. The lowest BCUT2D eigenvalue weighted by Gasteiger charge is -2.05. The number of rotatable bonds is 5. The first-order chi connectivity index (χ1) is 10.8. The quantitative estimate of drug-likeness (QED) is 0.750. The summed E-state index contributed by atoms with van der Waals surface area (Å²) in [6.45, 7) is 2.02. The molecule has 0 fully saturated rings. The van der Waals surface area contributed by atoms with E-state index in [1.54, 1.807) is 6.07 Å². The lowest BCUT2D eigenvalue weighted by molar-refractivity contribution is 0.102. The van der Waals surface area contributed by atoms with E-state index in [-0.39, 0.29) is 5.91 Å². The van der Waals surface area contributed by atoms with Crippen LogP contribution in [0.25, 0.3) is 5.82 Å². The number of carbonyl (C=O) groups excluding carboxylic acids is 1. The van der Waals surface area contributed by atoms with E-state index in [9.17, 15) is 4.79 Å². The van der Waals surface area contributed by atoms with Crippen LogP contribution in [0.5, 0.6) is 0 Å². The van der Waals surface area contributed by atoms with Gasteiger partial charge in [-0.2, -0.15) is 5.10 Å². The first-order valence-electron chi connectivity index (χ1n) is 6.57. The van der Waals surface area contributed by atoms with Gasteiger partial charge in [-0.15, -0.1) is 5.10 Å². The molecule has 0 aromatic carbocycles. The minimum atomic E-state index is -0.276. The highest BCUT2D eigenvalue weighted by Gasteiger charge is 2.16. The number of amides is 1. The summed E-state index contributed by atoms with van der Waals surface area (Å²) in [6, 6.07) is 1.61. The van der Waals surface area contributed by atoms with Crippen molar-refractivity contribution in [1.82, 2.24) is 34.3 Å². The molecule has 1 amide bonds. The molecule has 10 heteroatoms. The van der Waals surface area contributed by atoms with Crippen molar-refractivity contribution in [3.8, 4) is 5.82 Å². The van der Waals surface area contributed by atoms with Crippen LogP contribution in [0.2, 0.25) is 0 Å². The summed E-state index contributed by atoms with van der Waals surface area (Å²) in [4.78, 5) is 24.8. The van der Waals surface area contributed by atoms with E-state index < -0.39 is 0 Å². The molecule has 112 valence electrons. The van der Waals surface area contributed by atoms with E-state index in [0.29, 0.717) is 28.6 Å². The normalized spacial score (nSPS) is 10.6. The summed E-state index contributed by atoms with van der Waals surface area (Å²) in [5.41, 5.74) is 0.704. The molecule has 9 nitrogen and oxygen atoms in total. The molecule has 3 aromatic heterocycles. The van der Waals surface area contributed by atoms with Gasteiger partial charge in [-0.3, -0.25) is 4.79 Å². The van der Waals surface area contributed by atoms with Gasteiger partial charge in [-0.1, -0.05) is 17.8 Å². The SMILES string of the molecule is CCCc1nnsc1C(=O)Nc1cc(-n2cncn2)ncn1. The third-order valence-electron chi connectivity index (χ3n) is 2.80. The van der Waals surface area contributed by atoms with Crippen molar-refractivity contribution >= 4 is 23.3 Å². The summed E-state index contributed by atoms with van der Waals surface area (Å²) >= 11 is 1.07. The van der Waals surface area contributed by atoms with Crippen LogP contribution in [0.15, 0.2) is 25.0 Å². The number of aryl methyl sites for hydroxylation is 1. The van der Waals surface area contributed by atoms with Gasteiger partial charge in [0.25, 0.3) is 5.91 Å². The lowest BCUT2D eigenvalue weighted by Crippen LogP contribution is -2.14. The second-order valence-electron chi connectivity index (χ2n) is 4.35. The average Bonchev–Trinajstić information content (AvgIpc) is 3.19. The van der Waals surface area contributed by atoms with Gasteiger partial charge in [0, 0.05) is 6.07 Å². The Morgan fingerprint density at radius 2 is 2.27 bits per heavy atom. The van der Waals surface area contributed by atoms with Crippen LogP contribution in [0.1, 0.15) is 28.7 Å². The van der Waals surface area contributed by atoms with Gasteiger partial charge in [-0.25, -0.2) is 19.6 Å². The molecular formula is C12H12N8OS. The fourth-order valence-electron chi connectivity index (χ4n) is 1.82. The van der Waals surface area contributed by atoms with Gasteiger partial charge in [0.05, 0.1) is 5.69 Å². The van der Waals surface area contributed by atoms with Gasteiger partial charge in [0.1, 0.15) is 29.7 Å². The summed E-state index contributed by atoms with van der Waals surface area (Å²) in [7, 11) is 0. The first-order valence-corrected chi connectivity index (χ1v) is 7.35. The van der Waals surface area contributed by atoms with Gasteiger partial charge >= 0.3 is 0 Å². The van der Waals surface area contributed by atoms with E-state index in [2.05, 4.69) is 35.0 Å². The van der Waals surface area contributed by atoms with E-state index in [0.717, 1.165) is 18.0 Å². The molecule has 0 unspecified atom stereocenters. The first kappa shape index (κ1) is 14.2. The molecule has 0 saturated carbocycles. The average molecular weight is 316 g/mol. The molecule has 0 radical (unpaired) electrons. The van der Waals surface area contributed by atoms with Gasteiger partial charge < -0.3 is 5.32 Å². The smallest absolute Gasteiger partial charge is 0.270 e. The maximum Gasteiger partial charge on any atom is 0.270 e. The van der Waals surface area contributed by atoms with E-state index >= 15 is 0 Å². The third kappa shape index (κ3) is 2.96. The Bertz CT molecular complexity index is 769.